The van der Waals surface area contributed by atoms with Gasteiger partial charge in [-0.15, -0.1) is 0 Å². The lowest BCUT2D eigenvalue weighted by Crippen LogP contribution is -2.05. The van der Waals surface area contributed by atoms with E-state index >= 15 is 0 Å². The fourth-order valence-electron chi connectivity index (χ4n) is 1.78. The molecule has 1 nitrogen and oxygen atoms in total. The van der Waals surface area contributed by atoms with Gasteiger partial charge in [0.2, 0.25) is 0 Å². The molecule has 2 heteroatoms. The molecule has 1 aromatic heterocycles. The van der Waals surface area contributed by atoms with Crippen LogP contribution < -0.4 is 0 Å². The summed E-state index contributed by atoms with van der Waals surface area (Å²) in [6.45, 7) is 5.35. The third-order valence-corrected chi connectivity index (χ3v) is 2.94. The first-order valence-corrected chi connectivity index (χ1v) is 5.45. The second-order valence-corrected chi connectivity index (χ2v) is 4.18. The summed E-state index contributed by atoms with van der Waals surface area (Å²) in [6, 6.07) is 6.99. The predicted molar refractivity (Wildman–Crippen MR) is 61.4 cm³/mol. The Morgan fingerprint density at radius 1 is 1.33 bits per heavy atom. The quantitative estimate of drug-likeness (QED) is 0.717. The van der Waals surface area contributed by atoms with Crippen LogP contribution in [0.2, 0.25) is 0 Å². The Bertz CT molecular complexity index is 459. The molecule has 1 atom stereocenters. The lowest BCUT2D eigenvalue weighted by molar-refractivity contribution is 0.477. The summed E-state index contributed by atoms with van der Waals surface area (Å²) in [5.41, 5.74) is 0.996. The van der Waals surface area contributed by atoms with E-state index in [-0.39, 0.29) is 5.82 Å². The highest BCUT2D eigenvalue weighted by atomic mass is 19.1. The third kappa shape index (κ3) is 2.04. The maximum absolute atomic E-state index is 13.1. The molecule has 15 heavy (non-hydrogen) atoms. The zero-order valence-electron chi connectivity index (χ0n) is 9.20. The third-order valence-electron chi connectivity index (χ3n) is 2.94. The molecule has 1 heterocycles. The van der Waals surface area contributed by atoms with Crippen LogP contribution in [-0.2, 0) is 6.54 Å². The van der Waals surface area contributed by atoms with Crippen LogP contribution in [0.25, 0.3) is 10.9 Å². The van der Waals surface area contributed by atoms with Crippen molar-refractivity contribution in [1.29, 1.82) is 0 Å². The number of halogens is 1. The van der Waals surface area contributed by atoms with Crippen LogP contribution in [0.4, 0.5) is 4.39 Å². The van der Waals surface area contributed by atoms with Crippen molar-refractivity contribution in [3.8, 4) is 0 Å². The molecule has 1 unspecified atom stereocenters. The minimum Gasteiger partial charge on any atom is -0.347 e. The van der Waals surface area contributed by atoms with Crippen molar-refractivity contribution < 1.29 is 4.39 Å². The van der Waals surface area contributed by atoms with Crippen LogP contribution >= 0.6 is 0 Å². The van der Waals surface area contributed by atoms with Gasteiger partial charge >= 0.3 is 0 Å². The average molecular weight is 205 g/mol. The first kappa shape index (κ1) is 10.2. The molecule has 0 saturated heterocycles. The predicted octanol–water partition coefficient (Wildman–Crippen LogP) is 3.83. The highest BCUT2D eigenvalue weighted by Gasteiger charge is 2.05. The molecule has 0 aliphatic rings. The molecular formula is C13H16FN. The van der Waals surface area contributed by atoms with Crippen LogP contribution in [-0.4, -0.2) is 4.57 Å². The van der Waals surface area contributed by atoms with E-state index in [1.807, 2.05) is 18.3 Å². The minimum atomic E-state index is -0.161. The maximum atomic E-state index is 13.1. The van der Waals surface area contributed by atoms with Crippen LogP contribution in [0.1, 0.15) is 20.3 Å². The largest absolute Gasteiger partial charge is 0.347 e. The molecule has 0 spiro atoms. The van der Waals surface area contributed by atoms with E-state index < -0.39 is 0 Å². The number of hydrogen-bond donors (Lipinski definition) is 0. The lowest BCUT2D eigenvalue weighted by Gasteiger charge is -2.10. The summed E-state index contributed by atoms with van der Waals surface area (Å²) in [6.07, 6.45) is 3.19. The molecule has 80 valence electrons. The molecule has 1 aromatic carbocycles. The Balaban J connectivity index is 2.39. The van der Waals surface area contributed by atoms with Crippen molar-refractivity contribution in [3.63, 3.8) is 0 Å². The molecule has 0 radical (unpaired) electrons. The van der Waals surface area contributed by atoms with E-state index in [2.05, 4.69) is 18.4 Å². The fraction of sp³-hybridized carbons (Fsp3) is 0.385. The van der Waals surface area contributed by atoms with Gasteiger partial charge < -0.3 is 4.57 Å². The van der Waals surface area contributed by atoms with E-state index in [1.165, 1.54) is 6.07 Å². The van der Waals surface area contributed by atoms with Gasteiger partial charge in [-0.3, -0.25) is 0 Å². The number of fused-ring (bicyclic) bond motifs is 1. The molecule has 0 bridgehead atoms. The van der Waals surface area contributed by atoms with Gasteiger partial charge in [0, 0.05) is 12.7 Å². The molecule has 0 amide bonds. The van der Waals surface area contributed by atoms with E-state index in [4.69, 9.17) is 0 Å². The molecular weight excluding hydrogens is 189 g/mol. The Kier molecular flexibility index (Phi) is 2.76. The summed E-state index contributed by atoms with van der Waals surface area (Å²) >= 11 is 0. The number of hydrogen-bond acceptors (Lipinski definition) is 0. The highest BCUT2D eigenvalue weighted by molar-refractivity contribution is 5.80. The van der Waals surface area contributed by atoms with E-state index in [0.717, 1.165) is 23.9 Å². The number of benzene rings is 1. The molecule has 0 fully saturated rings. The van der Waals surface area contributed by atoms with Crippen LogP contribution in [0.3, 0.4) is 0 Å². The van der Waals surface area contributed by atoms with Gasteiger partial charge in [-0.25, -0.2) is 4.39 Å². The molecule has 0 aliphatic carbocycles. The molecule has 2 aromatic rings. The van der Waals surface area contributed by atoms with E-state index in [9.17, 15) is 4.39 Å². The molecule has 0 N–H and O–H groups in total. The summed E-state index contributed by atoms with van der Waals surface area (Å²) in [7, 11) is 0. The topological polar surface area (TPSA) is 4.93 Å². The van der Waals surface area contributed by atoms with Gasteiger partial charge in [0.15, 0.2) is 0 Å². The fourth-order valence-corrected chi connectivity index (χ4v) is 1.78. The number of nitrogens with zero attached hydrogens (tertiary/aromatic N) is 1. The summed E-state index contributed by atoms with van der Waals surface area (Å²) in [4.78, 5) is 0. The Hall–Kier alpha value is -1.31. The Morgan fingerprint density at radius 2 is 2.13 bits per heavy atom. The summed E-state index contributed by atoms with van der Waals surface area (Å²) in [5, 5.41) is 1.11. The second kappa shape index (κ2) is 4.05. The highest BCUT2D eigenvalue weighted by Crippen LogP contribution is 2.18. The summed E-state index contributed by atoms with van der Waals surface area (Å²) in [5.74, 6) is 0.468. The van der Waals surface area contributed by atoms with Crippen molar-refractivity contribution in [2.24, 2.45) is 5.92 Å². The van der Waals surface area contributed by atoms with Crippen LogP contribution in [0.15, 0.2) is 30.5 Å². The van der Waals surface area contributed by atoms with Gasteiger partial charge in [-0.2, -0.15) is 0 Å². The van der Waals surface area contributed by atoms with Crippen molar-refractivity contribution in [2.45, 2.75) is 26.8 Å². The van der Waals surface area contributed by atoms with Crippen molar-refractivity contribution >= 4 is 10.9 Å². The van der Waals surface area contributed by atoms with Gasteiger partial charge in [0.1, 0.15) is 5.82 Å². The maximum Gasteiger partial charge on any atom is 0.125 e. The first-order valence-electron chi connectivity index (χ1n) is 5.45. The smallest absolute Gasteiger partial charge is 0.125 e. The first-order chi connectivity index (χ1) is 7.20. The van der Waals surface area contributed by atoms with Gasteiger partial charge in [-0.05, 0) is 35.6 Å². The van der Waals surface area contributed by atoms with Crippen LogP contribution in [0.5, 0.6) is 0 Å². The minimum absolute atomic E-state index is 0.161. The van der Waals surface area contributed by atoms with Gasteiger partial charge in [0.25, 0.3) is 0 Å². The van der Waals surface area contributed by atoms with Crippen molar-refractivity contribution in [1.82, 2.24) is 4.57 Å². The normalized spacial score (nSPS) is 13.3. The Labute approximate surface area is 89.5 Å². The lowest BCUT2D eigenvalue weighted by atomic mass is 10.1. The Morgan fingerprint density at radius 3 is 2.87 bits per heavy atom. The van der Waals surface area contributed by atoms with Gasteiger partial charge in [-0.1, -0.05) is 20.3 Å². The molecule has 0 saturated carbocycles. The monoisotopic (exact) mass is 205 g/mol. The average Bonchev–Trinajstić information content (AvgIpc) is 2.61. The van der Waals surface area contributed by atoms with E-state index in [0.29, 0.717) is 5.92 Å². The molecule has 2 rings (SSSR count). The van der Waals surface area contributed by atoms with Crippen molar-refractivity contribution in [2.75, 3.05) is 0 Å². The zero-order valence-corrected chi connectivity index (χ0v) is 9.20. The standard InChI is InChI=1S/C13H16FN/c1-3-10(2)9-15-7-6-11-4-5-12(14)8-13(11)15/h4-8,10H,3,9H2,1-2H3. The van der Waals surface area contributed by atoms with Crippen LogP contribution in [0, 0.1) is 11.7 Å². The van der Waals surface area contributed by atoms with E-state index in [1.54, 1.807) is 6.07 Å². The summed E-state index contributed by atoms with van der Waals surface area (Å²) < 4.78 is 15.2. The van der Waals surface area contributed by atoms with Gasteiger partial charge in [0.05, 0.1) is 5.52 Å². The SMILES string of the molecule is CCC(C)Cn1ccc2ccc(F)cc21. The number of rotatable bonds is 3. The zero-order chi connectivity index (χ0) is 10.8. The van der Waals surface area contributed by atoms with Crippen molar-refractivity contribution in [3.05, 3.63) is 36.3 Å². The second-order valence-electron chi connectivity index (χ2n) is 4.18. The number of aromatic nitrogens is 1. The molecule has 0 aliphatic heterocycles.